The molecule has 0 aliphatic carbocycles. The van der Waals surface area contributed by atoms with Crippen LogP contribution in [0.5, 0.6) is 11.6 Å². The summed E-state index contributed by atoms with van der Waals surface area (Å²) in [7, 11) is 0. The molecule has 1 aromatic heterocycles. The number of ether oxygens (including phenoxy) is 1. The molecule has 2 aromatic rings. The van der Waals surface area contributed by atoms with Crippen molar-refractivity contribution in [3.05, 3.63) is 47.4 Å². The van der Waals surface area contributed by atoms with Crippen molar-refractivity contribution in [2.45, 2.75) is 27.3 Å². The third kappa shape index (κ3) is 4.79. The molecule has 2 rings (SSSR count). The fourth-order valence-electron chi connectivity index (χ4n) is 1.83. The SMILES string of the molecule is Cc1cc(F)ccc1Oc1ccc(CNCC(C)C)nn1. The summed E-state index contributed by atoms with van der Waals surface area (Å²) in [6, 6.07) is 8.01. The number of aromatic nitrogens is 2. The Hall–Kier alpha value is -2.01. The number of rotatable bonds is 6. The third-order valence-electron chi connectivity index (χ3n) is 2.91. The Balaban J connectivity index is 1.95. The van der Waals surface area contributed by atoms with Crippen LogP contribution in [0.1, 0.15) is 25.1 Å². The van der Waals surface area contributed by atoms with E-state index in [0.717, 1.165) is 17.8 Å². The van der Waals surface area contributed by atoms with E-state index in [-0.39, 0.29) is 5.82 Å². The van der Waals surface area contributed by atoms with Crippen LogP contribution in [0.25, 0.3) is 0 Å². The normalized spacial score (nSPS) is 10.9. The zero-order valence-electron chi connectivity index (χ0n) is 12.6. The maximum absolute atomic E-state index is 13.0. The first-order chi connectivity index (χ1) is 10.0. The van der Waals surface area contributed by atoms with Gasteiger partial charge >= 0.3 is 0 Å². The van der Waals surface area contributed by atoms with Crippen LogP contribution in [0, 0.1) is 18.7 Å². The second-order valence-electron chi connectivity index (χ2n) is 5.40. The predicted molar refractivity (Wildman–Crippen MR) is 79.8 cm³/mol. The third-order valence-corrected chi connectivity index (χ3v) is 2.91. The number of nitrogens with one attached hydrogen (secondary N) is 1. The van der Waals surface area contributed by atoms with E-state index in [1.54, 1.807) is 19.1 Å². The number of nitrogens with zero attached hydrogens (tertiary/aromatic N) is 2. The molecule has 0 bridgehead atoms. The Bertz CT molecular complexity index is 585. The van der Waals surface area contributed by atoms with E-state index in [2.05, 4.69) is 29.4 Å². The van der Waals surface area contributed by atoms with Gasteiger partial charge in [0.2, 0.25) is 5.88 Å². The van der Waals surface area contributed by atoms with Crippen LogP contribution in [-0.2, 0) is 6.54 Å². The minimum atomic E-state index is -0.280. The lowest BCUT2D eigenvalue weighted by Gasteiger charge is -2.08. The monoisotopic (exact) mass is 289 g/mol. The zero-order valence-corrected chi connectivity index (χ0v) is 12.6. The Morgan fingerprint density at radius 2 is 2.00 bits per heavy atom. The van der Waals surface area contributed by atoms with Crippen molar-refractivity contribution in [3.63, 3.8) is 0 Å². The topological polar surface area (TPSA) is 47.0 Å². The lowest BCUT2D eigenvalue weighted by atomic mass is 10.2. The molecule has 0 amide bonds. The fourth-order valence-corrected chi connectivity index (χ4v) is 1.83. The summed E-state index contributed by atoms with van der Waals surface area (Å²) in [5, 5.41) is 11.4. The molecule has 0 aliphatic rings. The van der Waals surface area contributed by atoms with Gasteiger partial charge in [-0.1, -0.05) is 13.8 Å². The average Bonchev–Trinajstić information content (AvgIpc) is 2.43. The standard InChI is InChI=1S/C16H20FN3O/c1-11(2)9-18-10-14-5-7-16(20-19-14)21-15-6-4-13(17)8-12(15)3/h4-8,11,18H,9-10H2,1-3H3. The van der Waals surface area contributed by atoms with Gasteiger partial charge in [-0.05, 0) is 49.2 Å². The van der Waals surface area contributed by atoms with Gasteiger partial charge in [0, 0.05) is 12.6 Å². The van der Waals surface area contributed by atoms with E-state index in [0.29, 0.717) is 24.1 Å². The molecule has 0 spiro atoms. The Morgan fingerprint density at radius 1 is 1.19 bits per heavy atom. The first kappa shape index (κ1) is 15.4. The van der Waals surface area contributed by atoms with Gasteiger partial charge in [0.1, 0.15) is 11.6 Å². The average molecular weight is 289 g/mol. The van der Waals surface area contributed by atoms with Crippen molar-refractivity contribution in [1.82, 2.24) is 15.5 Å². The summed E-state index contributed by atoms with van der Waals surface area (Å²) in [5.41, 5.74) is 1.58. The van der Waals surface area contributed by atoms with Crippen LogP contribution < -0.4 is 10.1 Å². The zero-order chi connectivity index (χ0) is 15.2. The smallest absolute Gasteiger partial charge is 0.238 e. The van der Waals surface area contributed by atoms with Crippen LogP contribution in [0.4, 0.5) is 4.39 Å². The summed E-state index contributed by atoms with van der Waals surface area (Å²) < 4.78 is 18.6. The van der Waals surface area contributed by atoms with E-state index in [1.165, 1.54) is 12.1 Å². The number of hydrogen-bond donors (Lipinski definition) is 1. The molecule has 1 aromatic carbocycles. The molecular weight excluding hydrogens is 269 g/mol. The Kier molecular flexibility index (Phi) is 5.22. The van der Waals surface area contributed by atoms with Crippen molar-refractivity contribution in [3.8, 4) is 11.6 Å². The summed E-state index contributed by atoms with van der Waals surface area (Å²) in [6.07, 6.45) is 0. The van der Waals surface area contributed by atoms with Crippen LogP contribution >= 0.6 is 0 Å². The molecular formula is C16H20FN3O. The molecule has 0 fully saturated rings. The van der Waals surface area contributed by atoms with Crippen molar-refractivity contribution >= 4 is 0 Å². The van der Waals surface area contributed by atoms with Crippen LogP contribution in [0.3, 0.4) is 0 Å². The molecule has 0 unspecified atom stereocenters. The Morgan fingerprint density at radius 3 is 2.62 bits per heavy atom. The number of aryl methyl sites for hydroxylation is 1. The molecule has 1 N–H and O–H groups in total. The summed E-state index contributed by atoms with van der Waals surface area (Å²) in [6.45, 7) is 7.72. The molecule has 21 heavy (non-hydrogen) atoms. The van der Waals surface area contributed by atoms with Gasteiger partial charge in [-0.15, -0.1) is 5.10 Å². The minimum absolute atomic E-state index is 0.280. The summed E-state index contributed by atoms with van der Waals surface area (Å²) in [4.78, 5) is 0. The van der Waals surface area contributed by atoms with Gasteiger partial charge in [0.25, 0.3) is 0 Å². The minimum Gasteiger partial charge on any atom is -0.437 e. The Labute approximate surface area is 124 Å². The quantitative estimate of drug-likeness (QED) is 0.884. The van der Waals surface area contributed by atoms with E-state index in [4.69, 9.17) is 4.74 Å². The highest BCUT2D eigenvalue weighted by Gasteiger charge is 2.05. The van der Waals surface area contributed by atoms with Crippen LogP contribution in [0.2, 0.25) is 0 Å². The van der Waals surface area contributed by atoms with E-state index in [1.807, 2.05) is 6.07 Å². The molecule has 0 atom stereocenters. The lowest BCUT2D eigenvalue weighted by molar-refractivity contribution is 0.447. The fraction of sp³-hybridized carbons (Fsp3) is 0.375. The molecule has 5 heteroatoms. The molecule has 1 heterocycles. The second-order valence-corrected chi connectivity index (χ2v) is 5.40. The molecule has 0 aliphatic heterocycles. The van der Waals surface area contributed by atoms with Crippen molar-refractivity contribution in [2.75, 3.05) is 6.54 Å². The maximum Gasteiger partial charge on any atom is 0.238 e. The molecule has 0 saturated carbocycles. The molecule has 112 valence electrons. The number of hydrogen-bond acceptors (Lipinski definition) is 4. The van der Waals surface area contributed by atoms with E-state index in [9.17, 15) is 4.39 Å². The van der Waals surface area contributed by atoms with Crippen LogP contribution in [0.15, 0.2) is 30.3 Å². The van der Waals surface area contributed by atoms with Gasteiger partial charge in [0.15, 0.2) is 0 Å². The van der Waals surface area contributed by atoms with Gasteiger partial charge in [-0.2, -0.15) is 5.10 Å². The van der Waals surface area contributed by atoms with Gasteiger partial charge in [0.05, 0.1) is 5.69 Å². The maximum atomic E-state index is 13.0. The van der Waals surface area contributed by atoms with Crippen molar-refractivity contribution in [2.24, 2.45) is 5.92 Å². The van der Waals surface area contributed by atoms with Crippen molar-refractivity contribution < 1.29 is 9.13 Å². The van der Waals surface area contributed by atoms with Gasteiger partial charge < -0.3 is 10.1 Å². The second kappa shape index (κ2) is 7.13. The van der Waals surface area contributed by atoms with Crippen LogP contribution in [-0.4, -0.2) is 16.7 Å². The summed E-state index contributed by atoms with van der Waals surface area (Å²) >= 11 is 0. The highest BCUT2D eigenvalue weighted by atomic mass is 19.1. The van der Waals surface area contributed by atoms with Gasteiger partial charge in [-0.25, -0.2) is 4.39 Å². The van der Waals surface area contributed by atoms with Gasteiger partial charge in [-0.3, -0.25) is 0 Å². The predicted octanol–water partition coefficient (Wildman–Crippen LogP) is 3.46. The highest BCUT2D eigenvalue weighted by molar-refractivity contribution is 5.35. The number of benzene rings is 1. The highest BCUT2D eigenvalue weighted by Crippen LogP contribution is 2.23. The molecule has 4 nitrogen and oxygen atoms in total. The molecule has 0 saturated heterocycles. The van der Waals surface area contributed by atoms with E-state index >= 15 is 0 Å². The molecule has 0 radical (unpaired) electrons. The van der Waals surface area contributed by atoms with E-state index < -0.39 is 0 Å². The van der Waals surface area contributed by atoms with Crippen molar-refractivity contribution in [1.29, 1.82) is 0 Å². The first-order valence-corrected chi connectivity index (χ1v) is 7.02. The lowest BCUT2D eigenvalue weighted by Crippen LogP contribution is -2.19. The summed E-state index contributed by atoms with van der Waals surface area (Å²) in [5.74, 6) is 1.30. The first-order valence-electron chi connectivity index (χ1n) is 7.02. The number of halogens is 1. The largest absolute Gasteiger partial charge is 0.437 e.